The second-order valence-electron chi connectivity index (χ2n) is 2.61. The molecule has 0 atom stereocenters. The molecule has 0 fully saturated rings. The molecular formula is C9H5BrFNO. The fraction of sp³-hybridized carbons (Fsp3) is 0. The number of benzene rings is 1. The van der Waals surface area contributed by atoms with Gasteiger partial charge >= 0.3 is 0 Å². The average Bonchev–Trinajstić information content (AvgIpc) is 2.02. The van der Waals surface area contributed by atoms with Crippen molar-refractivity contribution >= 4 is 26.8 Å². The highest BCUT2D eigenvalue weighted by Gasteiger charge is 2.07. The Kier molecular flexibility index (Phi) is 1.92. The van der Waals surface area contributed by atoms with E-state index in [2.05, 4.69) is 20.9 Å². The Morgan fingerprint density at radius 1 is 1.38 bits per heavy atom. The fourth-order valence-electron chi connectivity index (χ4n) is 1.19. The molecule has 1 heterocycles. The Morgan fingerprint density at radius 3 is 2.92 bits per heavy atom. The molecule has 0 aliphatic heterocycles. The largest absolute Gasteiger partial charge is 0.507 e. The van der Waals surface area contributed by atoms with Crippen LogP contribution in [0.4, 0.5) is 4.39 Å². The van der Waals surface area contributed by atoms with Gasteiger partial charge in [-0.3, -0.25) is 4.98 Å². The molecule has 0 saturated carbocycles. The van der Waals surface area contributed by atoms with Crippen LogP contribution in [0.15, 0.2) is 28.9 Å². The van der Waals surface area contributed by atoms with Crippen molar-refractivity contribution in [3.05, 3.63) is 34.7 Å². The van der Waals surface area contributed by atoms with Crippen molar-refractivity contribution in [3.63, 3.8) is 0 Å². The first-order chi connectivity index (χ1) is 6.18. The molecule has 4 heteroatoms. The van der Waals surface area contributed by atoms with Crippen LogP contribution in [0.5, 0.6) is 5.75 Å². The van der Waals surface area contributed by atoms with Crippen molar-refractivity contribution in [1.82, 2.24) is 4.98 Å². The molecular weight excluding hydrogens is 237 g/mol. The Labute approximate surface area is 82.2 Å². The third kappa shape index (κ3) is 1.37. The molecule has 2 aromatic rings. The van der Waals surface area contributed by atoms with Gasteiger partial charge in [-0.2, -0.15) is 0 Å². The van der Waals surface area contributed by atoms with Crippen molar-refractivity contribution in [2.75, 3.05) is 0 Å². The first kappa shape index (κ1) is 8.44. The maximum Gasteiger partial charge on any atom is 0.137 e. The van der Waals surface area contributed by atoms with Crippen LogP contribution in [0.1, 0.15) is 0 Å². The number of fused-ring (bicyclic) bond motifs is 1. The molecule has 0 unspecified atom stereocenters. The van der Waals surface area contributed by atoms with Crippen molar-refractivity contribution in [2.45, 2.75) is 0 Å². The van der Waals surface area contributed by atoms with Gasteiger partial charge < -0.3 is 5.11 Å². The van der Waals surface area contributed by atoms with Gasteiger partial charge in [0.25, 0.3) is 0 Å². The van der Waals surface area contributed by atoms with E-state index in [-0.39, 0.29) is 11.1 Å². The van der Waals surface area contributed by atoms with E-state index < -0.39 is 5.82 Å². The molecule has 0 spiro atoms. The van der Waals surface area contributed by atoms with E-state index in [1.807, 2.05) is 0 Å². The van der Waals surface area contributed by atoms with Crippen LogP contribution in [-0.2, 0) is 0 Å². The van der Waals surface area contributed by atoms with Gasteiger partial charge in [-0.25, -0.2) is 4.39 Å². The van der Waals surface area contributed by atoms with Crippen molar-refractivity contribution in [3.8, 4) is 5.75 Å². The smallest absolute Gasteiger partial charge is 0.137 e. The van der Waals surface area contributed by atoms with Crippen LogP contribution in [0.3, 0.4) is 0 Å². The summed E-state index contributed by atoms with van der Waals surface area (Å²) in [6.45, 7) is 0. The van der Waals surface area contributed by atoms with Gasteiger partial charge in [-0.15, -0.1) is 0 Å². The van der Waals surface area contributed by atoms with E-state index in [0.717, 1.165) is 0 Å². The molecule has 2 nitrogen and oxygen atoms in total. The first-order valence-electron chi connectivity index (χ1n) is 3.61. The Balaban J connectivity index is 2.94. The minimum absolute atomic E-state index is 0.0880. The normalized spacial score (nSPS) is 10.6. The molecule has 66 valence electrons. The standard InChI is InChI=1S/C9H5BrFNO/c10-5-3-6(11)9-7(4-5)12-2-1-8(9)13/h1-4H,(H,12,13). The van der Waals surface area contributed by atoms with Gasteiger partial charge in [-0.05, 0) is 18.2 Å². The Bertz CT molecular complexity index is 472. The summed E-state index contributed by atoms with van der Waals surface area (Å²) in [7, 11) is 0. The first-order valence-corrected chi connectivity index (χ1v) is 4.40. The van der Waals surface area contributed by atoms with Crippen LogP contribution in [0.2, 0.25) is 0 Å². The fourth-order valence-corrected chi connectivity index (χ4v) is 1.60. The number of pyridine rings is 1. The summed E-state index contributed by atoms with van der Waals surface area (Å²) >= 11 is 3.15. The molecule has 1 N–H and O–H groups in total. The van der Waals surface area contributed by atoms with Gasteiger partial charge in [0.15, 0.2) is 0 Å². The topological polar surface area (TPSA) is 33.1 Å². The minimum atomic E-state index is -0.477. The molecule has 13 heavy (non-hydrogen) atoms. The summed E-state index contributed by atoms with van der Waals surface area (Å²) in [4.78, 5) is 3.93. The number of hydrogen-bond acceptors (Lipinski definition) is 2. The highest BCUT2D eigenvalue weighted by atomic mass is 79.9. The number of aromatic nitrogens is 1. The summed E-state index contributed by atoms with van der Waals surface area (Å²) in [6, 6.07) is 4.31. The van der Waals surface area contributed by atoms with E-state index in [9.17, 15) is 9.50 Å². The van der Waals surface area contributed by atoms with E-state index in [1.54, 1.807) is 6.07 Å². The van der Waals surface area contributed by atoms with Crippen LogP contribution < -0.4 is 0 Å². The Hall–Kier alpha value is -1.16. The van der Waals surface area contributed by atoms with E-state index in [1.165, 1.54) is 18.3 Å². The van der Waals surface area contributed by atoms with Crippen molar-refractivity contribution in [2.24, 2.45) is 0 Å². The predicted octanol–water partition coefficient (Wildman–Crippen LogP) is 2.84. The monoisotopic (exact) mass is 241 g/mol. The minimum Gasteiger partial charge on any atom is -0.507 e. The van der Waals surface area contributed by atoms with Gasteiger partial charge in [-0.1, -0.05) is 15.9 Å². The average molecular weight is 242 g/mol. The second kappa shape index (κ2) is 2.96. The summed E-state index contributed by atoms with van der Waals surface area (Å²) in [6.07, 6.45) is 1.43. The van der Waals surface area contributed by atoms with Crippen LogP contribution in [-0.4, -0.2) is 10.1 Å². The molecule has 0 saturated heterocycles. The zero-order valence-electron chi connectivity index (χ0n) is 6.46. The third-order valence-corrected chi connectivity index (χ3v) is 2.19. The third-order valence-electron chi connectivity index (χ3n) is 1.74. The van der Waals surface area contributed by atoms with Crippen molar-refractivity contribution < 1.29 is 9.50 Å². The lowest BCUT2D eigenvalue weighted by atomic mass is 10.2. The van der Waals surface area contributed by atoms with Crippen LogP contribution in [0, 0.1) is 5.82 Å². The number of aromatic hydroxyl groups is 1. The van der Waals surface area contributed by atoms with E-state index in [4.69, 9.17) is 0 Å². The zero-order chi connectivity index (χ0) is 9.42. The lowest BCUT2D eigenvalue weighted by Crippen LogP contribution is -1.84. The number of nitrogens with zero attached hydrogens (tertiary/aromatic N) is 1. The molecule has 0 aliphatic rings. The molecule has 0 radical (unpaired) electrons. The SMILES string of the molecule is Oc1ccnc2cc(Br)cc(F)c12. The van der Waals surface area contributed by atoms with Gasteiger partial charge in [0.05, 0.1) is 10.9 Å². The van der Waals surface area contributed by atoms with Crippen LogP contribution >= 0.6 is 15.9 Å². The van der Waals surface area contributed by atoms with Gasteiger partial charge in [0.1, 0.15) is 11.6 Å². The molecule has 1 aromatic carbocycles. The summed E-state index contributed by atoms with van der Waals surface area (Å²) in [5.74, 6) is -0.565. The van der Waals surface area contributed by atoms with Gasteiger partial charge in [0.2, 0.25) is 0 Å². The number of halogens is 2. The summed E-state index contributed by atoms with van der Waals surface area (Å²) in [5, 5.41) is 9.51. The second-order valence-corrected chi connectivity index (χ2v) is 3.53. The maximum atomic E-state index is 13.3. The quantitative estimate of drug-likeness (QED) is 0.770. The van der Waals surface area contributed by atoms with Gasteiger partial charge in [0, 0.05) is 10.7 Å². The molecule has 0 bridgehead atoms. The summed E-state index contributed by atoms with van der Waals surface area (Å²) < 4.78 is 13.9. The Morgan fingerprint density at radius 2 is 2.15 bits per heavy atom. The molecule has 0 amide bonds. The number of hydrogen-bond donors (Lipinski definition) is 1. The predicted molar refractivity (Wildman–Crippen MR) is 51.1 cm³/mol. The summed E-state index contributed by atoms with van der Waals surface area (Å²) in [5.41, 5.74) is 0.437. The van der Waals surface area contributed by atoms with Crippen LogP contribution in [0.25, 0.3) is 10.9 Å². The molecule has 2 rings (SSSR count). The highest BCUT2D eigenvalue weighted by Crippen LogP contribution is 2.28. The lowest BCUT2D eigenvalue weighted by Gasteiger charge is -2.01. The molecule has 1 aromatic heterocycles. The zero-order valence-corrected chi connectivity index (χ0v) is 8.05. The maximum absolute atomic E-state index is 13.3. The molecule has 0 aliphatic carbocycles. The lowest BCUT2D eigenvalue weighted by molar-refractivity contribution is 0.478. The number of rotatable bonds is 0. The van der Waals surface area contributed by atoms with E-state index in [0.29, 0.717) is 9.99 Å². The highest BCUT2D eigenvalue weighted by molar-refractivity contribution is 9.10. The van der Waals surface area contributed by atoms with Crippen molar-refractivity contribution in [1.29, 1.82) is 0 Å². The van der Waals surface area contributed by atoms with E-state index >= 15 is 0 Å².